The molecule has 26 heavy (non-hydrogen) atoms. The number of benzene rings is 2. The van der Waals surface area contributed by atoms with Crippen LogP contribution in [0, 0.1) is 6.92 Å². The molecule has 1 fully saturated rings. The molecule has 1 saturated heterocycles. The molecule has 0 aliphatic carbocycles. The molecule has 138 valence electrons. The van der Waals surface area contributed by atoms with Gasteiger partial charge in [0.25, 0.3) is 0 Å². The van der Waals surface area contributed by atoms with Gasteiger partial charge >= 0.3 is 5.97 Å². The van der Waals surface area contributed by atoms with E-state index < -0.39 is 10.0 Å². The van der Waals surface area contributed by atoms with Crippen molar-refractivity contribution in [3.63, 3.8) is 0 Å². The summed E-state index contributed by atoms with van der Waals surface area (Å²) in [6.07, 6.45) is 2.60. The van der Waals surface area contributed by atoms with Gasteiger partial charge in [-0.1, -0.05) is 29.8 Å². The molecule has 3 rings (SSSR count). The van der Waals surface area contributed by atoms with E-state index in [1.165, 1.54) is 7.11 Å². The van der Waals surface area contributed by atoms with Gasteiger partial charge in [-0.05, 0) is 56.0 Å². The van der Waals surface area contributed by atoms with Crippen LogP contribution in [-0.2, 0) is 21.2 Å². The Hall–Kier alpha value is -2.18. The Morgan fingerprint density at radius 3 is 2.38 bits per heavy atom. The third-order valence-electron chi connectivity index (χ3n) is 4.67. The fourth-order valence-electron chi connectivity index (χ4n) is 3.00. The Bertz CT molecular complexity index is 873. The van der Waals surface area contributed by atoms with Gasteiger partial charge in [0.05, 0.1) is 17.6 Å². The Morgan fingerprint density at radius 1 is 1.12 bits per heavy atom. The summed E-state index contributed by atoms with van der Waals surface area (Å²) in [7, 11) is -2.00. The van der Waals surface area contributed by atoms with E-state index in [1.54, 1.807) is 28.6 Å². The van der Waals surface area contributed by atoms with Crippen molar-refractivity contribution in [2.75, 3.05) is 13.7 Å². The molecule has 5 nitrogen and oxygen atoms in total. The number of carbonyl (C=O) groups excluding carboxylic acids is 1. The number of methoxy groups -OCH3 is 1. The van der Waals surface area contributed by atoms with E-state index in [0.29, 0.717) is 17.0 Å². The molecule has 0 radical (unpaired) electrons. The molecule has 1 aliphatic heterocycles. The van der Waals surface area contributed by atoms with Gasteiger partial charge in [0, 0.05) is 12.6 Å². The minimum Gasteiger partial charge on any atom is -0.465 e. The van der Waals surface area contributed by atoms with Gasteiger partial charge in [-0.3, -0.25) is 0 Å². The zero-order valence-electron chi connectivity index (χ0n) is 15.0. The van der Waals surface area contributed by atoms with Crippen LogP contribution in [0.4, 0.5) is 0 Å². The van der Waals surface area contributed by atoms with E-state index in [2.05, 4.69) is 4.74 Å². The maximum absolute atomic E-state index is 12.6. The Labute approximate surface area is 154 Å². The number of ether oxygens (including phenoxy) is 1. The predicted molar refractivity (Wildman–Crippen MR) is 99.6 cm³/mol. The van der Waals surface area contributed by atoms with Gasteiger partial charge in [-0.25, -0.2) is 13.2 Å². The number of hydrogen-bond donors (Lipinski definition) is 0. The highest BCUT2D eigenvalue weighted by Crippen LogP contribution is 2.31. The average Bonchev–Trinajstić information content (AvgIpc) is 3.42. The molecule has 0 amide bonds. The van der Waals surface area contributed by atoms with Crippen LogP contribution in [0.25, 0.3) is 0 Å². The van der Waals surface area contributed by atoms with Gasteiger partial charge in [-0.2, -0.15) is 4.31 Å². The third-order valence-corrected chi connectivity index (χ3v) is 6.60. The van der Waals surface area contributed by atoms with Crippen LogP contribution in [0.15, 0.2) is 53.4 Å². The lowest BCUT2D eigenvalue weighted by molar-refractivity contribution is 0.0600. The van der Waals surface area contributed by atoms with Crippen LogP contribution in [-0.4, -0.2) is 38.4 Å². The lowest BCUT2D eigenvalue weighted by atomic mass is 10.1. The van der Waals surface area contributed by atoms with Crippen LogP contribution in [0.3, 0.4) is 0 Å². The molecule has 0 saturated carbocycles. The second-order valence-electron chi connectivity index (χ2n) is 6.62. The lowest BCUT2D eigenvalue weighted by Gasteiger charge is -2.07. The van der Waals surface area contributed by atoms with Crippen LogP contribution in [0.1, 0.15) is 34.3 Å². The number of aryl methyl sites for hydroxylation is 2. The Kier molecular flexibility index (Phi) is 5.44. The van der Waals surface area contributed by atoms with Crippen molar-refractivity contribution < 1.29 is 17.9 Å². The normalized spacial score (nSPS) is 19.2. The van der Waals surface area contributed by atoms with Gasteiger partial charge in [0.1, 0.15) is 0 Å². The molecule has 2 unspecified atom stereocenters. The van der Waals surface area contributed by atoms with Gasteiger partial charge in [-0.15, -0.1) is 0 Å². The van der Waals surface area contributed by atoms with E-state index in [-0.39, 0.29) is 12.0 Å². The molecular weight excluding hydrogens is 350 g/mol. The molecule has 2 atom stereocenters. The molecular formula is C20H23NO4S. The van der Waals surface area contributed by atoms with E-state index in [9.17, 15) is 13.2 Å². The fourth-order valence-corrected chi connectivity index (χ4v) is 4.62. The summed E-state index contributed by atoms with van der Waals surface area (Å²) in [5.41, 5.74) is 2.71. The number of carbonyl (C=O) groups is 1. The molecule has 1 aliphatic rings. The second kappa shape index (κ2) is 7.60. The van der Waals surface area contributed by atoms with Crippen LogP contribution in [0.5, 0.6) is 0 Å². The molecule has 0 spiro atoms. The number of rotatable bonds is 7. The summed E-state index contributed by atoms with van der Waals surface area (Å²) in [5.74, 6) is -0.341. The van der Waals surface area contributed by atoms with E-state index in [4.69, 9.17) is 0 Å². The summed E-state index contributed by atoms with van der Waals surface area (Å²) in [5, 5.41) is 0. The quantitative estimate of drug-likeness (QED) is 0.552. The van der Waals surface area contributed by atoms with Gasteiger partial charge in [0.2, 0.25) is 10.0 Å². The van der Waals surface area contributed by atoms with E-state index >= 15 is 0 Å². The van der Waals surface area contributed by atoms with Crippen LogP contribution < -0.4 is 0 Å². The second-order valence-corrected chi connectivity index (χ2v) is 8.51. The monoisotopic (exact) mass is 373 g/mol. The van der Waals surface area contributed by atoms with Crippen LogP contribution >= 0.6 is 0 Å². The van der Waals surface area contributed by atoms with Crippen LogP contribution in [0.2, 0.25) is 0 Å². The molecule has 6 heteroatoms. The summed E-state index contributed by atoms with van der Waals surface area (Å²) < 4.78 is 31.4. The lowest BCUT2D eigenvalue weighted by Crippen LogP contribution is -2.14. The van der Waals surface area contributed by atoms with E-state index in [1.807, 2.05) is 31.2 Å². The summed E-state index contributed by atoms with van der Waals surface area (Å²) in [4.78, 5) is 11.8. The maximum Gasteiger partial charge on any atom is 0.337 e. The number of hydrogen-bond acceptors (Lipinski definition) is 4. The minimum absolute atomic E-state index is 0.0932. The molecule has 1 heterocycles. The maximum atomic E-state index is 12.6. The first-order valence-corrected chi connectivity index (χ1v) is 10.1. The Morgan fingerprint density at radius 2 is 1.77 bits per heavy atom. The first-order valence-electron chi connectivity index (χ1n) is 8.67. The summed E-state index contributed by atoms with van der Waals surface area (Å²) in [6, 6.07) is 14.4. The van der Waals surface area contributed by atoms with Crippen molar-refractivity contribution in [1.29, 1.82) is 0 Å². The molecule has 0 bridgehead atoms. The van der Waals surface area contributed by atoms with Crippen molar-refractivity contribution in [1.82, 2.24) is 4.31 Å². The largest absolute Gasteiger partial charge is 0.465 e. The topological polar surface area (TPSA) is 63.5 Å². The summed E-state index contributed by atoms with van der Waals surface area (Å²) >= 11 is 0. The molecule has 2 aromatic carbocycles. The first-order chi connectivity index (χ1) is 12.4. The highest BCUT2D eigenvalue weighted by molar-refractivity contribution is 7.89. The summed E-state index contributed by atoms with van der Waals surface area (Å²) in [6.45, 7) is 2.53. The van der Waals surface area contributed by atoms with Gasteiger partial charge in [0.15, 0.2) is 0 Å². The third kappa shape index (κ3) is 4.14. The highest BCUT2D eigenvalue weighted by atomic mass is 32.2. The number of nitrogens with zero attached hydrogens (tertiary/aromatic N) is 1. The predicted octanol–water partition coefficient (Wildman–Crippen LogP) is 3.18. The van der Waals surface area contributed by atoms with Crippen molar-refractivity contribution in [3.05, 3.63) is 65.2 Å². The zero-order valence-corrected chi connectivity index (χ0v) is 15.8. The first kappa shape index (κ1) is 18.6. The van der Waals surface area contributed by atoms with Crippen molar-refractivity contribution in [2.24, 2.45) is 0 Å². The van der Waals surface area contributed by atoms with E-state index in [0.717, 1.165) is 30.4 Å². The number of sulfonamides is 1. The standard InChI is InChI=1S/C20H23NO4S/c1-15-6-12-19(13-7-15)26(23,24)21-14-18(21)5-3-4-16-8-10-17(11-9-16)20(22)25-2/h6-13,18H,3-5,14H2,1-2H3. The van der Waals surface area contributed by atoms with Crippen molar-refractivity contribution in [3.8, 4) is 0 Å². The minimum atomic E-state index is -3.36. The SMILES string of the molecule is COC(=O)c1ccc(CCCC2CN2S(=O)(=O)c2ccc(C)cc2)cc1. The molecule has 0 N–H and O–H groups in total. The highest BCUT2D eigenvalue weighted by Gasteiger charge is 2.43. The van der Waals surface area contributed by atoms with Gasteiger partial charge < -0.3 is 4.74 Å². The zero-order chi connectivity index (χ0) is 18.7. The number of esters is 1. The average molecular weight is 373 g/mol. The smallest absolute Gasteiger partial charge is 0.337 e. The fraction of sp³-hybridized carbons (Fsp3) is 0.350. The molecule has 0 aromatic heterocycles. The Balaban J connectivity index is 1.50. The van der Waals surface area contributed by atoms with Crippen molar-refractivity contribution >= 4 is 16.0 Å². The molecule has 2 aromatic rings. The van der Waals surface area contributed by atoms with Crippen molar-refractivity contribution in [2.45, 2.75) is 37.1 Å².